The zero-order valence-corrected chi connectivity index (χ0v) is 13.7. The molecule has 1 saturated heterocycles. The van der Waals surface area contributed by atoms with Crippen molar-refractivity contribution in [2.45, 2.75) is 37.5 Å². The Bertz CT molecular complexity index is 742. The number of H-pyrrole nitrogens is 1. The molecule has 1 aliphatic heterocycles. The van der Waals surface area contributed by atoms with Crippen LogP contribution in [0.1, 0.15) is 29.8 Å². The van der Waals surface area contributed by atoms with Crippen LogP contribution in [-0.2, 0) is 9.47 Å². The number of amides is 1. The molecule has 2 N–H and O–H groups in total. The van der Waals surface area contributed by atoms with Crippen molar-refractivity contribution >= 4 is 16.8 Å². The molecule has 1 aliphatic carbocycles. The zero-order chi connectivity index (χ0) is 16.5. The van der Waals surface area contributed by atoms with Crippen LogP contribution in [0.2, 0.25) is 0 Å². The molecule has 6 nitrogen and oxygen atoms in total. The number of aromatic nitrogens is 1. The summed E-state index contributed by atoms with van der Waals surface area (Å²) in [4.78, 5) is 15.7. The van der Waals surface area contributed by atoms with Gasteiger partial charge in [0, 0.05) is 23.0 Å². The Balaban J connectivity index is 1.44. The fourth-order valence-electron chi connectivity index (χ4n) is 3.62. The van der Waals surface area contributed by atoms with E-state index in [0.717, 1.165) is 35.9 Å². The van der Waals surface area contributed by atoms with Crippen LogP contribution in [0.3, 0.4) is 0 Å². The van der Waals surface area contributed by atoms with E-state index in [1.54, 1.807) is 7.11 Å². The largest absolute Gasteiger partial charge is 0.497 e. The van der Waals surface area contributed by atoms with Crippen molar-refractivity contribution in [3.8, 4) is 5.75 Å². The maximum atomic E-state index is 12.6. The van der Waals surface area contributed by atoms with Gasteiger partial charge in [0.15, 0.2) is 0 Å². The Labute approximate surface area is 140 Å². The lowest BCUT2D eigenvalue weighted by Gasteiger charge is -2.39. The minimum absolute atomic E-state index is 0.0784. The second-order valence-electron chi connectivity index (χ2n) is 6.44. The molecule has 128 valence electrons. The van der Waals surface area contributed by atoms with Gasteiger partial charge in [0.1, 0.15) is 11.4 Å². The van der Waals surface area contributed by atoms with E-state index in [1.807, 2.05) is 24.3 Å². The lowest BCUT2D eigenvalue weighted by atomic mass is 9.89. The average molecular weight is 330 g/mol. The lowest BCUT2D eigenvalue weighted by Crippen LogP contribution is -2.49. The second-order valence-corrected chi connectivity index (χ2v) is 6.44. The second kappa shape index (κ2) is 6.45. The first kappa shape index (κ1) is 15.5. The summed E-state index contributed by atoms with van der Waals surface area (Å²) in [5.74, 6) is 0.689. The molecule has 0 radical (unpaired) electrons. The summed E-state index contributed by atoms with van der Waals surface area (Å²) in [6.07, 6.45) is 2.95. The van der Waals surface area contributed by atoms with Crippen LogP contribution < -0.4 is 10.1 Å². The topological polar surface area (TPSA) is 72.6 Å². The fraction of sp³-hybridized carbons (Fsp3) is 0.500. The van der Waals surface area contributed by atoms with Gasteiger partial charge >= 0.3 is 0 Å². The van der Waals surface area contributed by atoms with E-state index in [1.165, 1.54) is 0 Å². The highest BCUT2D eigenvalue weighted by Gasteiger charge is 2.34. The van der Waals surface area contributed by atoms with Crippen LogP contribution in [0.25, 0.3) is 10.9 Å². The maximum Gasteiger partial charge on any atom is 0.267 e. The smallest absolute Gasteiger partial charge is 0.267 e. The van der Waals surface area contributed by atoms with Gasteiger partial charge in [0.05, 0.1) is 32.5 Å². The molecular weight excluding hydrogens is 308 g/mol. The van der Waals surface area contributed by atoms with Crippen LogP contribution >= 0.6 is 0 Å². The van der Waals surface area contributed by atoms with Crippen molar-refractivity contribution < 1.29 is 19.0 Å². The van der Waals surface area contributed by atoms with E-state index < -0.39 is 0 Å². The number of aromatic amines is 1. The molecule has 6 heteroatoms. The first-order chi connectivity index (χ1) is 11.7. The van der Waals surface area contributed by atoms with Crippen LogP contribution in [-0.4, -0.2) is 49.5 Å². The molecule has 24 heavy (non-hydrogen) atoms. The quantitative estimate of drug-likeness (QED) is 0.905. The fourth-order valence-corrected chi connectivity index (χ4v) is 3.62. The number of nitrogens with one attached hydrogen (secondary N) is 2. The Kier molecular flexibility index (Phi) is 4.16. The molecule has 2 heterocycles. The van der Waals surface area contributed by atoms with Crippen molar-refractivity contribution in [1.82, 2.24) is 10.3 Å². The molecule has 2 aromatic rings. The van der Waals surface area contributed by atoms with Crippen molar-refractivity contribution in [2.24, 2.45) is 0 Å². The molecule has 0 spiro atoms. The van der Waals surface area contributed by atoms with Crippen LogP contribution in [0.15, 0.2) is 24.3 Å². The minimum Gasteiger partial charge on any atom is -0.497 e. The molecule has 1 aromatic heterocycles. The van der Waals surface area contributed by atoms with Gasteiger partial charge in [-0.1, -0.05) is 0 Å². The summed E-state index contributed by atoms with van der Waals surface area (Å²) < 4.78 is 16.7. The van der Waals surface area contributed by atoms with E-state index in [4.69, 9.17) is 14.2 Å². The Morgan fingerprint density at radius 1 is 1.21 bits per heavy atom. The SMILES string of the molecule is COc1ccc2cc(C(=O)N[C@@H]3CC[C@@H]4OCCO[C@@H]4C3)[nH]c2c1. The number of rotatable bonds is 3. The number of methoxy groups -OCH3 is 1. The molecular formula is C18H22N2O4. The molecule has 1 amide bonds. The molecule has 1 aromatic carbocycles. The monoisotopic (exact) mass is 330 g/mol. The Hall–Kier alpha value is -2.05. The van der Waals surface area contributed by atoms with E-state index >= 15 is 0 Å². The van der Waals surface area contributed by atoms with Gasteiger partial charge in [-0.25, -0.2) is 0 Å². The molecule has 4 rings (SSSR count). The summed E-state index contributed by atoms with van der Waals surface area (Å²) >= 11 is 0. The highest BCUT2D eigenvalue weighted by atomic mass is 16.6. The van der Waals surface area contributed by atoms with Crippen molar-refractivity contribution in [2.75, 3.05) is 20.3 Å². The summed E-state index contributed by atoms with van der Waals surface area (Å²) in [7, 11) is 1.63. The van der Waals surface area contributed by atoms with Crippen molar-refractivity contribution in [3.05, 3.63) is 30.0 Å². The lowest BCUT2D eigenvalue weighted by molar-refractivity contribution is -0.157. The zero-order valence-electron chi connectivity index (χ0n) is 13.7. The summed E-state index contributed by atoms with van der Waals surface area (Å²) in [5, 5.41) is 4.11. The van der Waals surface area contributed by atoms with Crippen LogP contribution in [0.5, 0.6) is 5.75 Å². The molecule has 3 atom stereocenters. The third kappa shape index (κ3) is 2.99. The number of ether oxygens (including phenoxy) is 3. The van der Waals surface area contributed by atoms with Crippen LogP contribution in [0.4, 0.5) is 0 Å². The third-order valence-corrected chi connectivity index (χ3v) is 4.89. The molecule has 0 unspecified atom stereocenters. The number of carbonyl (C=O) groups excluding carboxylic acids is 1. The predicted molar refractivity (Wildman–Crippen MR) is 89.4 cm³/mol. The highest BCUT2D eigenvalue weighted by Crippen LogP contribution is 2.27. The molecule has 2 aliphatic rings. The van der Waals surface area contributed by atoms with Gasteiger partial charge in [-0.05, 0) is 37.5 Å². The summed E-state index contributed by atoms with van der Waals surface area (Å²) in [6.45, 7) is 1.32. The number of hydrogen-bond acceptors (Lipinski definition) is 4. The first-order valence-corrected chi connectivity index (χ1v) is 8.44. The maximum absolute atomic E-state index is 12.6. The predicted octanol–water partition coefficient (Wildman–Crippen LogP) is 2.24. The third-order valence-electron chi connectivity index (χ3n) is 4.89. The number of benzene rings is 1. The minimum atomic E-state index is -0.0784. The molecule has 2 fully saturated rings. The summed E-state index contributed by atoms with van der Waals surface area (Å²) in [5.41, 5.74) is 1.47. The van der Waals surface area contributed by atoms with Crippen LogP contribution in [0, 0.1) is 0 Å². The number of carbonyl (C=O) groups is 1. The van der Waals surface area contributed by atoms with Gasteiger partial charge in [-0.15, -0.1) is 0 Å². The Morgan fingerprint density at radius 2 is 2.04 bits per heavy atom. The van der Waals surface area contributed by atoms with Gasteiger partial charge in [0.25, 0.3) is 5.91 Å². The van der Waals surface area contributed by atoms with Gasteiger partial charge < -0.3 is 24.5 Å². The Morgan fingerprint density at radius 3 is 2.88 bits per heavy atom. The van der Waals surface area contributed by atoms with Gasteiger partial charge in [0.2, 0.25) is 0 Å². The number of fused-ring (bicyclic) bond motifs is 2. The van der Waals surface area contributed by atoms with E-state index in [9.17, 15) is 4.79 Å². The van der Waals surface area contributed by atoms with E-state index in [0.29, 0.717) is 18.9 Å². The number of hydrogen-bond donors (Lipinski definition) is 2. The normalized spacial score (nSPS) is 26.8. The first-order valence-electron chi connectivity index (χ1n) is 8.44. The van der Waals surface area contributed by atoms with E-state index in [2.05, 4.69) is 10.3 Å². The summed E-state index contributed by atoms with van der Waals surface area (Å²) in [6, 6.07) is 7.72. The van der Waals surface area contributed by atoms with Gasteiger partial charge in [-0.2, -0.15) is 0 Å². The molecule has 0 bridgehead atoms. The average Bonchev–Trinajstić information content (AvgIpc) is 3.05. The standard InChI is InChI=1S/C18H22N2O4/c1-22-13-4-2-11-8-15(20-14(11)10-13)18(21)19-12-3-5-16-17(9-12)24-7-6-23-16/h2,4,8,10,12,16-17,20H,3,5-7,9H2,1H3,(H,19,21)/t12-,16+,17-/m1/s1. The van der Waals surface area contributed by atoms with E-state index in [-0.39, 0.29) is 24.2 Å². The van der Waals surface area contributed by atoms with Crippen molar-refractivity contribution in [1.29, 1.82) is 0 Å². The van der Waals surface area contributed by atoms with Gasteiger partial charge in [-0.3, -0.25) is 4.79 Å². The van der Waals surface area contributed by atoms with Crippen molar-refractivity contribution in [3.63, 3.8) is 0 Å². The highest BCUT2D eigenvalue weighted by molar-refractivity contribution is 5.98. The molecule has 1 saturated carbocycles.